The van der Waals surface area contributed by atoms with Crippen molar-refractivity contribution in [3.05, 3.63) is 28.5 Å². The molecule has 1 aliphatic rings. The summed E-state index contributed by atoms with van der Waals surface area (Å²) in [5.74, 6) is 2.04. The van der Waals surface area contributed by atoms with Gasteiger partial charge in [-0.2, -0.15) is 0 Å². The second-order valence-electron chi connectivity index (χ2n) is 4.38. The molecule has 20 heavy (non-hydrogen) atoms. The Morgan fingerprint density at radius 2 is 2.35 bits per heavy atom. The van der Waals surface area contributed by atoms with E-state index in [9.17, 15) is 4.79 Å². The SMILES string of the molecule is Cc1nccn1CCNC(=O)c1scc2c1OCCO2. The molecule has 1 amide bonds. The number of carbonyl (C=O) groups is 1. The van der Waals surface area contributed by atoms with E-state index >= 15 is 0 Å². The first-order chi connectivity index (χ1) is 9.75. The molecule has 0 aliphatic carbocycles. The Balaban J connectivity index is 1.59. The predicted octanol–water partition coefficient (Wildman–Crippen LogP) is 1.45. The molecule has 0 saturated heterocycles. The number of fused-ring (bicyclic) bond motifs is 1. The standard InChI is InChI=1S/C13H15N3O3S/c1-9-14-2-4-16(9)5-3-15-13(17)12-11-10(8-20-12)18-6-7-19-11/h2,4,8H,3,5-7H2,1H3,(H,15,17). The van der Waals surface area contributed by atoms with Crippen molar-refractivity contribution in [2.75, 3.05) is 19.8 Å². The van der Waals surface area contributed by atoms with E-state index in [1.807, 2.05) is 23.1 Å². The molecule has 0 fully saturated rings. The molecule has 0 atom stereocenters. The number of imidazole rings is 1. The van der Waals surface area contributed by atoms with E-state index in [1.165, 1.54) is 11.3 Å². The summed E-state index contributed by atoms with van der Waals surface area (Å²) in [6.45, 7) is 4.19. The maximum absolute atomic E-state index is 12.1. The molecule has 6 nitrogen and oxygen atoms in total. The van der Waals surface area contributed by atoms with Gasteiger partial charge in [0.2, 0.25) is 0 Å². The van der Waals surface area contributed by atoms with E-state index in [0.29, 0.717) is 42.7 Å². The van der Waals surface area contributed by atoms with Crippen LogP contribution >= 0.6 is 11.3 Å². The minimum Gasteiger partial charge on any atom is -0.485 e. The molecule has 0 saturated carbocycles. The molecule has 0 spiro atoms. The van der Waals surface area contributed by atoms with Gasteiger partial charge in [-0.1, -0.05) is 0 Å². The Morgan fingerprint density at radius 1 is 1.50 bits per heavy atom. The van der Waals surface area contributed by atoms with Crippen LogP contribution in [0.25, 0.3) is 0 Å². The fourth-order valence-electron chi connectivity index (χ4n) is 2.03. The highest BCUT2D eigenvalue weighted by Crippen LogP contribution is 2.39. The second-order valence-corrected chi connectivity index (χ2v) is 5.26. The molecule has 3 heterocycles. The van der Waals surface area contributed by atoms with Gasteiger partial charge < -0.3 is 19.4 Å². The number of aryl methyl sites for hydroxylation is 1. The van der Waals surface area contributed by atoms with Crippen molar-refractivity contribution in [3.8, 4) is 11.5 Å². The van der Waals surface area contributed by atoms with Crippen LogP contribution in [-0.4, -0.2) is 35.2 Å². The first-order valence-electron chi connectivity index (χ1n) is 6.38. The number of amides is 1. The lowest BCUT2D eigenvalue weighted by Crippen LogP contribution is -2.27. The van der Waals surface area contributed by atoms with Crippen LogP contribution < -0.4 is 14.8 Å². The van der Waals surface area contributed by atoms with Gasteiger partial charge in [0.1, 0.15) is 23.9 Å². The number of hydrogen-bond donors (Lipinski definition) is 1. The van der Waals surface area contributed by atoms with Crippen LogP contribution in [0.5, 0.6) is 11.5 Å². The largest absolute Gasteiger partial charge is 0.485 e. The molecule has 1 aliphatic heterocycles. The quantitative estimate of drug-likeness (QED) is 0.926. The van der Waals surface area contributed by atoms with Gasteiger partial charge in [0.25, 0.3) is 5.91 Å². The van der Waals surface area contributed by atoms with E-state index in [4.69, 9.17) is 9.47 Å². The zero-order valence-electron chi connectivity index (χ0n) is 11.1. The van der Waals surface area contributed by atoms with Crippen molar-refractivity contribution in [2.24, 2.45) is 0 Å². The number of hydrogen-bond acceptors (Lipinski definition) is 5. The molecular formula is C13H15N3O3S. The summed E-state index contributed by atoms with van der Waals surface area (Å²) in [7, 11) is 0. The molecular weight excluding hydrogens is 278 g/mol. The summed E-state index contributed by atoms with van der Waals surface area (Å²) in [4.78, 5) is 16.8. The highest BCUT2D eigenvalue weighted by atomic mass is 32.1. The fraction of sp³-hybridized carbons (Fsp3) is 0.385. The molecule has 0 bridgehead atoms. The van der Waals surface area contributed by atoms with Gasteiger partial charge in [-0.3, -0.25) is 4.79 Å². The Labute approximate surface area is 120 Å². The molecule has 2 aromatic heterocycles. The molecule has 0 radical (unpaired) electrons. The normalized spacial score (nSPS) is 13.2. The van der Waals surface area contributed by atoms with Gasteiger partial charge in [0.15, 0.2) is 11.5 Å². The maximum atomic E-state index is 12.1. The van der Waals surface area contributed by atoms with Crippen LogP contribution in [0.1, 0.15) is 15.5 Å². The fourth-order valence-corrected chi connectivity index (χ4v) is 2.88. The number of nitrogens with zero attached hydrogens (tertiary/aromatic N) is 2. The highest BCUT2D eigenvalue weighted by molar-refractivity contribution is 7.12. The van der Waals surface area contributed by atoms with E-state index in [2.05, 4.69) is 10.3 Å². The van der Waals surface area contributed by atoms with Crippen LogP contribution in [0, 0.1) is 6.92 Å². The smallest absolute Gasteiger partial charge is 0.265 e. The Morgan fingerprint density at radius 3 is 3.15 bits per heavy atom. The lowest BCUT2D eigenvalue weighted by atomic mass is 10.3. The number of carbonyl (C=O) groups excluding carboxylic acids is 1. The van der Waals surface area contributed by atoms with E-state index < -0.39 is 0 Å². The molecule has 7 heteroatoms. The lowest BCUT2D eigenvalue weighted by molar-refractivity contribution is 0.0947. The maximum Gasteiger partial charge on any atom is 0.265 e. The van der Waals surface area contributed by atoms with Crippen molar-refractivity contribution in [1.29, 1.82) is 0 Å². The predicted molar refractivity (Wildman–Crippen MR) is 74.6 cm³/mol. The summed E-state index contributed by atoms with van der Waals surface area (Å²) in [5.41, 5.74) is 0. The minimum atomic E-state index is -0.125. The van der Waals surface area contributed by atoms with Gasteiger partial charge in [-0.05, 0) is 6.92 Å². The first-order valence-corrected chi connectivity index (χ1v) is 7.26. The van der Waals surface area contributed by atoms with Crippen molar-refractivity contribution in [3.63, 3.8) is 0 Å². The third-order valence-corrected chi connectivity index (χ3v) is 4.01. The van der Waals surface area contributed by atoms with Crippen LogP contribution in [0.2, 0.25) is 0 Å². The molecule has 1 N–H and O–H groups in total. The molecule has 2 aromatic rings. The molecule has 0 aromatic carbocycles. The Bertz CT molecular complexity index is 620. The third-order valence-electron chi connectivity index (χ3n) is 3.07. The van der Waals surface area contributed by atoms with Gasteiger partial charge in [-0.25, -0.2) is 4.98 Å². The van der Waals surface area contributed by atoms with Crippen molar-refractivity contribution < 1.29 is 14.3 Å². The zero-order chi connectivity index (χ0) is 13.9. The van der Waals surface area contributed by atoms with Gasteiger partial charge in [-0.15, -0.1) is 11.3 Å². The summed E-state index contributed by atoms with van der Waals surface area (Å²) < 4.78 is 12.9. The van der Waals surface area contributed by atoms with Gasteiger partial charge in [0, 0.05) is 30.9 Å². The topological polar surface area (TPSA) is 65.4 Å². The summed E-state index contributed by atoms with van der Waals surface area (Å²) in [6.07, 6.45) is 3.64. The van der Waals surface area contributed by atoms with Crippen LogP contribution in [0.3, 0.4) is 0 Å². The molecule has 106 valence electrons. The molecule has 3 rings (SSSR count). The summed E-state index contributed by atoms with van der Waals surface area (Å²) in [5, 5.41) is 4.70. The average molecular weight is 293 g/mol. The van der Waals surface area contributed by atoms with Crippen molar-refractivity contribution in [2.45, 2.75) is 13.5 Å². The third kappa shape index (κ3) is 2.49. The van der Waals surface area contributed by atoms with E-state index in [-0.39, 0.29) is 5.91 Å². The van der Waals surface area contributed by atoms with Gasteiger partial charge >= 0.3 is 0 Å². The van der Waals surface area contributed by atoms with Crippen molar-refractivity contribution in [1.82, 2.24) is 14.9 Å². The van der Waals surface area contributed by atoms with Crippen LogP contribution in [-0.2, 0) is 6.54 Å². The van der Waals surface area contributed by atoms with Crippen molar-refractivity contribution >= 4 is 17.2 Å². The Hall–Kier alpha value is -2.02. The minimum absolute atomic E-state index is 0.125. The highest BCUT2D eigenvalue weighted by Gasteiger charge is 2.23. The first kappa shape index (κ1) is 13.0. The lowest BCUT2D eigenvalue weighted by Gasteiger charge is -2.15. The Kier molecular flexibility index (Phi) is 3.60. The zero-order valence-corrected chi connectivity index (χ0v) is 11.9. The monoisotopic (exact) mass is 293 g/mol. The number of thiophene rings is 1. The summed E-state index contributed by atoms with van der Waals surface area (Å²) >= 11 is 1.34. The number of rotatable bonds is 4. The van der Waals surface area contributed by atoms with Crippen LogP contribution in [0.15, 0.2) is 17.8 Å². The number of aromatic nitrogens is 2. The average Bonchev–Trinajstić information content (AvgIpc) is 3.05. The van der Waals surface area contributed by atoms with Gasteiger partial charge in [0.05, 0.1) is 0 Å². The summed E-state index contributed by atoms with van der Waals surface area (Å²) in [6, 6.07) is 0. The van der Waals surface area contributed by atoms with Crippen LogP contribution in [0.4, 0.5) is 0 Å². The molecule has 0 unspecified atom stereocenters. The van der Waals surface area contributed by atoms with E-state index in [0.717, 1.165) is 5.82 Å². The second kappa shape index (κ2) is 5.54. The number of nitrogens with one attached hydrogen (secondary N) is 1. The number of ether oxygens (including phenoxy) is 2. The van der Waals surface area contributed by atoms with E-state index in [1.54, 1.807) is 6.20 Å².